The average Bonchev–Trinajstić information content (AvgIpc) is 2.95. The number of ketones is 2. The van der Waals surface area contributed by atoms with Crippen LogP contribution in [0.25, 0.3) is 0 Å². The van der Waals surface area contributed by atoms with Crippen LogP contribution in [0.5, 0.6) is 0 Å². The zero-order valence-electron chi connectivity index (χ0n) is 17.4. The molecule has 5 N–H and O–H groups in total. The zero-order chi connectivity index (χ0) is 21.4. The molecule has 0 amide bonds. The molecule has 0 saturated heterocycles. The molecule has 0 spiro atoms. The fraction of sp³-hybridized carbons (Fsp3) is 0.727. The molecule has 0 heterocycles. The van der Waals surface area contributed by atoms with Gasteiger partial charge in [-0.3, -0.25) is 9.59 Å². The van der Waals surface area contributed by atoms with Crippen LogP contribution in [0.15, 0.2) is 29.0 Å². The zero-order valence-corrected chi connectivity index (χ0v) is 17.4. The van der Waals surface area contributed by atoms with Crippen molar-refractivity contribution in [2.24, 2.45) is 45.2 Å². The Bertz CT molecular complexity index is 853. The molecule has 0 aromatic heterocycles. The Morgan fingerprint density at radius 1 is 1.34 bits per heavy atom. The molecule has 4 aliphatic carbocycles. The summed E-state index contributed by atoms with van der Waals surface area (Å²) in [6.45, 7) is 5.49. The first kappa shape index (κ1) is 20.6. The van der Waals surface area contributed by atoms with Crippen LogP contribution in [-0.2, 0) is 9.59 Å². The maximum absolute atomic E-state index is 12.5. The van der Waals surface area contributed by atoms with Crippen molar-refractivity contribution in [3.05, 3.63) is 28.7 Å². The molecule has 29 heavy (non-hydrogen) atoms. The summed E-state index contributed by atoms with van der Waals surface area (Å²) in [7, 11) is 0. The minimum Gasteiger partial charge on any atom is -0.389 e. The molecule has 7 heteroatoms. The minimum absolute atomic E-state index is 0.0678. The highest BCUT2D eigenvalue weighted by Gasteiger charge is 2.74. The molecule has 0 aliphatic heterocycles. The Morgan fingerprint density at radius 3 is 2.66 bits per heavy atom. The first-order chi connectivity index (χ1) is 13.5. The van der Waals surface area contributed by atoms with Crippen molar-refractivity contribution < 1.29 is 14.7 Å². The van der Waals surface area contributed by atoms with Gasteiger partial charge in [-0.15, -0.1) is 0 Å². The standard InChI is InChI=1S/C22H31N3O4/c1-12-8-17-21(23)7-5-14(16(28)11-26)20(21,3)10-18(25-29)22(17,24)19(2)6-4-13(27)9-15(12)19/h4,6,9,12,14,17-18,26H,5,7-8,10-11,23-24H2,1-3H3/t12-,14?,17?,18?,19?,20?,21+,22-/m0/s1. The third kappa shape index (κ3) is 2.24. The van der Waals surface area contributed by atoms with E-state index in [9.17, 15) is 19.6 Å². The Labute approximate surface area is 170 Å². The molecule has 0 aromatic rings. The van der Waals surface area contributed by atoms with Gasteiger partial charge in [0, 0.05) is 16.9 Å². The molecule has 158 valence electrons. The molecule has 0 aromatic carbocycles. The van der Waals surface area contributed by atoms with Crippen LogP contribution < -0.4 is 11.5 Å². The van der Waals surface area contributed by atoms with E-state index in [2.05, 4.69) is 12.1 Å². The average molecular weight is 402 g/mol. The second-order valence-electron chi connectivity index (χ2n) is 10.2. The van der Waals surface area contributed by atoms with E-state index < -0.39 is 40.5 Å². The maximum atomic E-state index is 12.5. The second-order valence-corrected chi connectivity index (χ2v) is 10.2. The Hall–Kier alpha value is -1.70. The molecule has 7 nitrogen and oxygen atoms in total. The second kappa shape index (κ2) is 6.15. The number of Topliss-reactive ketones (excluding diaryl/α,β-unsaturated/α-hetero) is 1. The molecule has 3 saturated carbocycles. The number of rotatable bonds is 3. The van der Waals surface area contributed by atoms with Crippen LogP contribution in [0.2, 0.25) is 0 Å². The lowest BCUT2D eigenvalue weighted by molar-refractivity contribution is -0.136. The number of nitrogens with zero attached hydrogens (tertiary/aromatic N) is 1. The summed E-state index contributed by atoms with van der Waals surface area (Å²) in [5, 5.41) is 13.0. The number of aliphatic hydroxyl groups excluding tert-OH is 1. The Kier molecular flexibility index (Phi) is 4.37. The first-order valence-corrected chi connectivity index (χ1v) is 10.5. The smallest absolute Gasteiger partial charge is 0.178 e. The van der Waals surface area contributed by atoms with Gasteiger partial charge in [0.25, 0.3) is 0 Å². The van der Waals surface area contributed by atoms with Gasteiger partial charge < -0.3 is 16.6 Å². The molecule has 3 fully saturated rings. The summed E-state index contributed by atoms with van der Waals surface area (Å²) in [6, 6.07) is -0.750. The number of nitrogens with two attached hydrogens (primary N) is 2. The van der Waals surface area contributed by atoms with Crippen LogP contribution in [0.4, 0.5) is 0 Å². The lowest BCUT2D eigenvalue weighted by Crippen LogP contribution is -2.80. The highest BCUT2D eigenvalue weighted by atomic mass is 16.3. The van der Waals surface area contributed by atoms with Crippen molar-refractivity contribution in [1.29, 1.82) is 0 Å². The summed E-state index contributed by atoms with van der Waals surface area (Å²) < 4.78 is 0. The lowest BCUT2D eigenvalue weighted by atomic mass is 9.39. The fourth-order valence-electron chi connectivity index (χ4n) is 7.53. The molecule has 0 radical (unpaired) electrons. The largest absolute Gasteiger partial charge is 0.389 e. The predicted molar refractivity (Wildman–Crippen MR) is 109 cm³/mol. The summed E-state index contributed by atoms with van der Waals surface area (Å²) in [4.78, 5) is 36.8. The van der Waals surface area contributed by atoms with E-state index in [-0.39, 0.29) is 23.4 Å². The van der Waals surface area contributed by atoms with E-state index in [0.717, 1.165) is 5.57 Å². The number of carbonyl (C=O) groups is 2. The summed E-state index contributed by atoms with van der Waals surface area (Å²) in [5.41, 5.74) is 12.1. The molecule has 8 atom stereocenters. The van der Waals surface area contributed by atoms with Crippen LogP contribution in [0.3, 0.4) is 0 Å². The molecular formula is C22H31N3O4. The SMILES string of the molecule is C[C@H]1CC2[C@](N)(C(N=O)CC3(C)C(C(=O)CO)CC[C@@]23N)C2(C)C=CC(=O)C=C12. The number of aliphatic hydroxyl groups is 1. The monoisotopic (exact) mass is 401 g/mol. The van der Waals surface area contributed by atoms with Crippen molar-refractivity contribution in [2.75, 3.05) is 6.61 Å². The quantitative estimate of drug-likeness (QED) is 0.615. The van der Waals surface area contributed by atoms with Crippen molar-refractivity contribution >= 4 is 11.6 Å². The van der Waals surface area contributed by atoms with Gasteiger partial charge in [0.05, 0.1) is 5.54 Å². The van der Waals surface area contributed by atoms with Crippen molar-refractivity contribution in [2.45, 2.75) is 63.6 Å². The van der Waals surface area contributed by atoms with Gasteiger partial charge in [-0.25, -0.2) is 0 Å². The molecule has 4 aliphatic rings. The van der Waals surface area contributed by atoms with Gasteiger partial charge in [-0.1, -0.05) is 37.6 Å². The van der Waals surface area contributed by atoms with E-state index in [4.69, 9.17) is 11.5 Å². The molecule has 4 rings (SSSR count). The lowest BCUT2D eigenvalue weighted by Gasteiger charge is -2.68. The minimum atomic E-state index is -1.05. The van der Waals surface area contributed by atoms with Gasteiger partial charge in [-0.05, 0) is 55.1 Å². The number of hydrogen-bond acceptors (Lipinski definition) is 7. The van der Waals surface area contributed by atoms with Crippen molar-refractivity contribution in [1.82, 2.24) is 0 Å². The van der Waals surface area contributed by atoms with Crippen molar-refractivity contribution in [3.8, 4) is 0 Å². The van der Waals surface area contributed by atoms with Gasteiger partial charge in [0.1, 0.15) is 12.6 Å². The maximum Gasteiger partial charge on any atom is 0.178 e. The van der Waals surface area contributed by atoms with E-state index in [1.54, 1.807) is 6.08 Å². The molecule has 5 unspecified atom stereocenters. The highest BCUT2D eigenvalue weighted by Crippen LogP contribution is 2.68. The van der Waals surface area contributed by atoms with Gasteiger partial charge in [0.15, 0.2) is 11.6 Å². The number of hydrogen-bond donors (Lipinski definition) is 3. The first-order valence-electron chi connectivity index (χ1n) is 10.5. The normalized spacial score (nSPS) is 51.0. The third-order valence-corrected chi connectivity index (χ3v) is 9.22. The molecule has 0 bridgehead atoms. The summed E-state index contributed by atoms with van der Waals surface area (Å²) in [5.74, 6) is -0.886. The summed E-state index contributed by atoms with van der Waals surface area (Å²) in [6.07, 6.45) is 7.14. The number of allylic oxidation sites excluding steroid dienone is 2. The van der Waals surface area contributed by atoms with Crippen LogP contribution >= 0.6 is 0 Å². The number of fused-ring (bicyclic) bond motifs is 5. The van der Waals surface area contributed by atoms with E-state index in [0.29, 0.717) is 25.7 Å². The summed E-state index contributed by atoms with van der Waals surface area (Å²) >= 11 is 0. The van der Waals surface area contributed by atoms with E-state index in [1.807, 2.05) is 19.9 Å². The predicted octanol–water partition coefficient (Wildman–Crippen LogP) is 1.63. The Morgan fingerprint density at radius 2 is 2.03 bits per heavy atom. The number of nitroso groups, excluding NO2 is 1. The van der Waals surface area contributed by atoms with Gasteiger partial charge >= 0.3 is 0 Å². The van der Waals surface area contributed by atoms with Crippen LogP contribution in [-0.4, -0.2) is 40.4 Å². The van der Waals surface area contributed by atoms with Crippen LogP contribution in [0.1, 0.15) is 46.5 Å². The topological polar surface area (TPSA) is 136 Å². The van der Waals surface area contributed by atoms with E-state index >= 15 is 0 Å². The highest BCUT2D eigenvalue weighted by molar-refractivity contribution is 6.01. The molecular weight excluding hydrogens is 370 g/mol. The van der Waals surface area contributed by atoms with Gasteiger partial charge in [-0.2, -0.15) is 4.91 Å². The van der Waals surface area contributed by atoms with Crippen LogP contribution in [0, 0.1) is 33.5 Å². The van der Waals surface area contributed by atoms with Gasteiger partial charge in [0.2, 0.25) is 0 Å². The van der Waals surface area contributed by atoms with E-state index in [1.165, 1.54) is 6.08 Å². The fourth-order valence-corrected chi connectivity index (χ4v) is 7.53. The van der Waals surface area contributed by atoms with Crippen molar-refractivity contribution in [3.63, 3.8) is 0 Å². The Balaban J connectivity index is 1.91. The third-order valence-electron chi connectivity index (χ3n) is 9.22. The number of carbonyl (C=O) groups excluding carboxylic acids is 2.